The lowest BCUT2D eigenvalue weighted by molar-refractivity contribution is 0.0976. The average molecular weight is 344 g/mol. The van der Waals surface area contributed by atoms with Crippen molar-refractivity contribution in [1.29, 1.82) is 0 Å². The minimum Gasteiger partial charge on any atom is -0.379 e. The first kappa shape index (κ1) is 16.3. The van der Waals surface area contributed by atoms with E-state index in [1.54, 1.807) is 18.5 Å². The molecule has 0 saturated heterocycles. The Morgan fingerprint density at radius 3 is 2.81 bits per heavy atom. The third-order valence-corrected chi connectivity index (χ3v) is 4.60. The second-order valence-corrected chi connectivity index (χ2v) is 6.46. The molecule has 0 saturated carbocycles. The summed E-state index contributed by atoms with van der Waals surface area (Å²) in [5.74, 6) is -0.0658. The molecule has 1 unspecified atom stereocenters. The largest absolute Gasteiger partial charge is 0.379 e. The average Bonchev–Trinajstić information content (AvgIpc) is 3.02. The van der Waals surface area contributed by atoms with Gasteiger partial charge in [0.15, 0.2) is 0 Å². The number of aromatic nitrogens is 2. The number of hydrogen-bond donors (Lipinski definition) is 1. The molecule has 1 aromatic carbocycles. The topological polar surface area (TPSA) is 58.1 Å². The Morgan fingerprint density at radius 1 is 1.12 bits per heavy atom. The van der Waals surface area contributed by atoms with Gasteiger partial charge in [-0.3, -0.25) is 14.8 Å². The van der Waals surface area contributed by atoms with Gasteiger partial charge in [-0.1, -0.05) is 24.3 Å². The van der Waals surface area contributed by atoms with E-state index >= 15 is 0 Å². The van der Waals surface area contributed by atoms with Gasteiger partial charge < -0.3 is 10.2 Å². The highest BCUT2D eigenvalue weighted by Gasteiger charge is 2.31. The number of nitrogens with zero attached hydrogens (tertiary/aromatic N) is 3. The first-order valence-corrected chi connectivity index (χ1v) is 8.73. The van der Waals surface area contributed by atoms with Crippen molar-refractivity contribution in [3.63, 3.8) is 0 Å². The number of carbonyl (C=O) groups excluding carboxylic acids is 1. The molecule has 130 valence electrons. The highest BCUT2D eigenvalue weighted by molar-refractivity contribution is 6.06. The number of para-hydroxylation sites is 1. The Morgan fingerprint density at radius 2 is 1.96 bits per heavy atom. The zero-order valence-corrected chi connectivity index (χ0v) is 14.6. The first-order chi connectivity index (χ1) is 12.7. The van der Waals surface area contributed by atoms with Gasteiger partial charge in [-0.2, -0.15) is 0 Å². The molecule has 2 aromatic heterocycles. The molecule has 0 spiro atoms. The Balaban J connectivity index is 1.54. The van der Waals surface area contributed by atoms with Gasteiger partial charge in [0.25, 0.3) is 5.91 Å². The number of benzene rings is 1. The number of fused-ring (bicyclic) bond motifs is 1. The summed E-state index contributed by atoms with van der Waals surface area (Å²) < 4.78 is 0. The fourth-order valence-electron chi connectivity index (χ4n) is 3.35. The van der Waals surface area contributed by atoms with E-state index in [0.29, 0.717) is 12.2 Å². The lowest BCUT2D eigenvalue weighted by Gasteiger charge is -2.22. The second kappa shape index (κ2) is 6.96. The Hall–Kier alpha value is -3.21. The van der Waals surface area contributed by atoms with Gasteiger partial charge in [0.05, 0.1) is 12.2 Å². The fraction of sp³-hybridized carbons (Fsp3) is 0.190. The van der Waals surface area contributed by atoms with Crippen LogP contribution in [0.5, 0.6) is 0 Å². The van der Waals surface area contributed by atoms with Gasteiger partial charge in [0, 0.05) is 29.8 Å². The Labute approximate surface area is 152 Å². The Kier molecular flexibility index (Phi) is 4.35. The molecule has 3 heterocycles. The van der Waals surface area contributed by atoms with Crippen LogP contribution in [0.3, 0.4) is 0 Å². The standard InChI is InChI=1S/C21H20N4O/c1-15-12-16-6-2-3-8-20(16)25(15)21(26)19-13-17(9-11-23-19)24-14-18-7-4-5-10-22-18/h2-11,13,15H,12,14H2,1H3,(H,23,24). The number of hydrogen-bond acceptors (Lipinski definition) is 4. The quantitative estimate of drug-likeness (QED) is 0.784. The third kappa shape index (κ3) is 3.16. The van der Waals surface area contributed by atoms with E-state index in [0.717, 1.165) is 23.5 Å². The SMILES string of the molecule is CC1Cc2ccccc2N1C(=O)c1cc(NCc2ccccn2)ccn1. The zero-order chi connectivity index (χ0) is 17.9. The van der Waals surface area contributed by atoms with Crippen LogP contribution in [0.15, 0.2) is 67.0 Å². The molecule has 1 N–H and O–H groups in total. The summed E-state index contributed by atoms with van der Waals surface area (Å²) in [6.07, 6.45) is 4.31. The monoisotopic (exact) mass is 344 g/mol. The van der Waals surface area contributed by atoms with Gasteiger partial charge in [-0.15, -0.1) is 0 Å². The molecule has 1 amide bonds. The molecule has 0 fully saturated rings. The second-order valence-electron chi connectivity index (χ2n) is 6.46. The van der Waals surface area contributed by atoms with Gasteiger partial charge in [0.1, 0.15) is 5.69 Å². The van der Waals surface area contributed by atoms with Crippen LogP contribution >= 0.6 is 0 Å². The maximum Gasteiger partial charge on any atom is 0.277 e. The van der Waals surface area contributed by atoms with Gasteiger partial charge >= 0.3 is 0 Å². The number of amides is 1. The molecule has 4 rings (SSSR count). The third-order valence-electron chi connectivity index (χ3n) is 4.60. The number of rotatable bonds is 4. The molecule has 26 heavy (non-hydrogen) atoms. The summed E-state index contributed by atoms with van der Waals surface area (Å²) in [7, 11) is 0. The van der Waals surface area contributed by atoms with Crippen molar-refractivity contribution in [2.75, 3.05) is 10.2 Å². The van der Waals surface area contributed by atoms with Crippen LogP contribution in [0.2, 0.25) is 0 Å². The van der Waals surface area contributed by atoms with Crippen molar-refractivity contribution in [1.82, 2.24) is 9.97 Å². The number of carbonyl (C=O) groups is 1. The van der Waals surface area contributed by atoms with Crippen LogP contribution in [0.25, 0.3) is 0 Å². The summed E-state index contributed by atoms with van der Waals surface area (Å²) in [6, 6.07) is 17.7. The molecule has 0 bridgehead atoms. The van der Waals surface area contributed by atoms with E-state index in [4.69, 9.17) is 0 Å². The van der Waals surface area contributed by atoms with E-state index in [1.807, 2.05) is 47.4 Å². The molecule has 5 heteroatoms. The van der Waals surface area contributed by atoms with Crippen LogP contribution < -0.4 is 10.2 Å². The summed E-state index contributed by atoms with van der Waals surface area (Å²) >= 11 is 0. The maximum absolute atomic E-state index is 13.1. The van der Waals surface area contributed by atoms with Crippen LogP contribution in [0.4, 0.5) is 11.4 Å². The number of pyridine rings is 2. The minimum atomic E-state index is -0.0658. The molecule has 5 nitrogen and oxygen atoms in total. The highest BCUT2D eigenvalue weighted by atomic mass is 16.2. The van der Waals surface area contributed by atoms with Crippen molar-refractivity contribution in [3.8, 4) is 0 Å². The van der Waals surface area contributed by atoms with Crippen LogP contribution in [-0.2, 0) is 13.0 Å². The van der Waals surface area contributed by atoms with Crippen molar-refractivity contribution in [2.24, 2.45) is 0 Å². The van der Waals surface area contributed by atoms with Gasteiger partial charge in [-0.05, 0) is 49.2 Å². The van der Waals surface area contributed by atoms with Crippen molar-refractivity contribution in [2.45, 2.75) is 25.9 Å². The Bertz CT molecular complexity index is 926. The summed E-state index contributed by atoms with van der Waals surface area (Å²) in [4.78, 5) is 23.5. The fourth-order valence-corrected chi connectivity index (χ4v) is 3.35. The van der Waals surface area contributed by atoms with Crippen molar-refractivity contribution < 1.29 is 4.79 Å². The van der Waals surface area contributed by atoms with Crippen LogP contribution in [0.1, 0.15) is 28.7 Å². The summed E-state index contributed by atoms with van der Waals surface area (Å²) in [5, 5.41) is 3.30. The van der Waals surface area contributed by atoms with Gasteiger partial charge in [0.2, 0.25) is 0 Å². The number of nitrogens with one attached hydrogen (secondary N) is 1. The lowest BCUT2D eigenvalue weighted by atomic mass is 10.1. The highest BCUT2D eigenvalue weighted by Crippen LogP contribution is 2.33. The minimum absolute atomic E-state index is 0.0658. The summed E-state index contributed by atoms with van der Waals surface area (Å²) in [5.41, 5.74) is 4.43. The molecule has 0 radical (unpaired) electrons. The molecular weight excluding hydrogens is 324 g/mol. The lowest BCUT2D eigenvalue weighted by Crippen LogP contribution is -2.36. The predicted octanol–water partition coefficient (Wildman–Crippen LogP) is 3.68. The smallest absolute Gasteiger partial charge is 0.277 e. The predicted molar refractivity (Wildman–Crippen MR) is 102 cm³/mol. The van der Waals surface area contributed by atoms with Crippen molar-refractivity contribution in [3.05, 3.63) is 83.9 Å². The molecule has 1 aliphatic heterocycles. The van der Waals surface area contributed by atoms with Crippen LogP contribution in [-0.4, -0.2) is 21.9 Å². The van der Waals surface area contributed by atoms with Crippen LogP contribution in [0, 0.1) is 0 Å². The maximum atomic E-state index is 13.1. The van der Waals surface area contributed by atoms with E-state index in [1.165, 1.54) is 5.56 Å². The molecule has 1 aliphatic rings. The normalized spacial score (nSPS) is 15.6. The first-order valence-electron chi connectivity index (χ1n) is 8.73. The molecule has 3 aromatic rings. The summed E-state index contributed by atoms with van der Waals surface area (Å²) in [6.45, 7) is 2.67. The number of anilines is 2. The van der Waals surface area contributed by atoms with E-state index in [-0.39, 0.29) is 11.9 Å². The van der Waals surface area contributed by atoms with Gasteiger partial charge in [-0.25, -0.2) is 0 Å². The van der Waals surface area contributed by atoms with E-state index in [2.05, 4.69) is 28.3 Å². The zero-order valence-electron chi connectivity index (χ0n) is 14.6. The van der Waals surface area contributed by atoms with E-state index < -0.39 is 0 Å². The van der Waals surface area contributed by atoms with Crippen molar-refractivity contribution >= 4 is 17.3 Å². The molecular formula is C21H20N4O. The molecule has 1 atom stereocenters. The van der Waals surface area contributed by atoms with E-state index in [9.17, 15) is 4.79 Å². The molecule has 0 aliphatic carbocycles.